The minimum atomic E-state index is 0.551. The van der Waals surface area contributed by atoms with Gasteiger partial charge in [-0.15, -0.1) is 0 Å². The lowest BCUT2D eigenvalue weighted by Gasteiger charge is -2.31. The Bertz CT molecular complexity index is 281. The molecule has 0 aliphatic heterocycles. The van der Waals surface area contributed by atoms with Crippen LogP contribution in [0.15, 0.2) is 23.8 Å². The summed E-state index contributed by atoms with van der Waals surface area (Å²) in [6, 6.07) is 0.551. The van der Waals surface area contributed by atoms with E-state index in [0.29, 0.717) is 12.0 Å². The Hall–Kier alpha value is -0.600. The van der Waals surface area contributed by atoms with Gasteiger partial charge in [0.15, 0.2) is 0 Å². The molecule has 0 aromatic heterocycles. The maximum absolute atomic E-state index is 5.64. The predicted molar refractivity (Wildman–Crippen MR) is 73.9 cm³/mol. The number of hydrogen-bond donors (Lipinski definition) is 2. The second kappa shape index (κ2) is 6.97. The van der Waals surface area contributed by atoms with E-state index in [2.05, 4.69) is 23.5 Å². The average molecular weight is 234 g/mol. The van der Waals surface area contributed by atoms with E-state index in [1.807, 2.05) is 0 Å². The number of nitrogens with one attached hydrogen (secondary N) is 1. The first kappa shape index (κ1) is 12.8. The topological polar surface area (TPSA) is 38.0 Å². The highest BCUT2D eigenvalue weighted by atomic mass is 14.9. The highest BCUT2D eigenvalue weighted by Crippen LogP contribution is 2.29. The van der Waals surface area contributed by atoms with Crippen LogP contribution in [-0.4, -0.2) is 19.1 Å². The van der Waals surface area contributed by atoms with Gasteiger partial charge in [-0.2, -0.15) is 0 Å². The Balaban J connectivity index is 2.03. The molecule has 2 aliphatic carbocycles. The first-order chi connectivity index (χ1) is 8.42. The highest BCUT2D eigenvalue weighted by molar-refractivity contribution is 5.18. The molecule has 2 heteroatoms. The van der Waals surface area contributed by atoms with E-state index in [9.17, 15) is 0 Å². The summed E-state index contributed by atoms with van der Waals surface area (Å²) in [6.45, 7) is 1.67. The van der Waals surface area contributed by atoms with Crippen LogP contribution >= 0.6 is 0 Å². The van der Waals surface area contributed by atoms with Gasteiger partial charge in [-0.3, -0.25) is 0 Å². The van der Waals surface area contributed by atoms with Crippen LogP contribution in [0.3, 0.4) is 0 Å². The van der Waals surface area contributed by atoms with Crippen molar-refractivity contribution in [3.63, 3.8) is 0 Å². The van der Waals surface area contributed by atoms with Crippen molar-refractivity contribution in [1.82, 2.24) is 5.32 Å². The summed E-state index contributed by atoms with van der Waals surface area (Å²) in [6.07, 6.45) is 16.5. The number of hydrogen-bond acceptors (Lipinski definition) is 2. The molecule has 0 aromatic rings. The van der Waals surface area contributed by atoms with E-state index in [4.69, 9.17) is 5.73 Å². The van der Waals surface area contributed by atoms with E-state index in [0.717, 1.165) is 13.1 Å². The third-order valence-corrected chi connectivity index (χ3v) is 3.95. The molecule has 2 unspecified atom stereocenters. The maximum atomic E-state index is 5.64. The van der Waals surface area contributed by atoms with Gasteiger partial charge in [0, 0.05) is 19.1 Å². The van der Waals surface area contributed by atoms with Crippen molar-refractivity contribution in [3.8, 4) is 0 Å². The molecule has 2 atom stereocenters. The van der Waals surface area contributed by atoms with Gasteiger partial charge in [0.25, 0.3) is 0 Å². The molecule has 0 heterocycles. The molecule has 0 saturated heterocycles. The number of rotatable bonds is 5. The molecule has 0 saturated carbocycles. The van der Waals surface area contributed by atoms with Crippen LogP contribution in [0, 0.1) is 5.92 Å². The lowest BCUT2D eigenvalue weighted by molar-refractivity contribution is 0.401. The fourth-order valence-corrected chi connectivity index (χ4v) is 3.06. The van der Waals surface area contributed by atoms with Gasteiger partial charge in [-0.25, -0.2) is 0 Å². The van der Waals surface area contributed by atoms with Gasteiger partial charge >= 0.3 is 0 Å². The molecule has 96 valence electrons. The third kappa shape index (κ3) is 3.68. The Morgan fingerprint density at radius 3 is 2.88 bits per heavy atom. The van der Waals surface area contributed by atoms with E-state index in [1.165, 1.54) is 44.9 Å². The second-order valence-electron chi connectivity index (χ2n) is 5.27. The molecule has 0 radical (unpaired) electrons. The average Bonchev–Trinajstić information content (AvgIpc) is 2.42. The summed E-state index contributed by atoms with van der Waals surface area (Å²) in [5.41, 5.74) is 7.28. The summed E-state index contributed by atoms with van der Waals surface area (Å²) < 4.78 is 0. The second-order valence-corrected chi connectivity index (χ2v) is 5.27. The molecule has 2 nitrogen and oxygen atoms in total. The van der Waals surface area contributed by atoms with Gasteiger partial charge in [0.05, 0.1) is 0 Å². The molecule has 0 fully saturated rings. The number of allylic oxidation sites excluding steroid dienone is 2. The lowest BCUT2D eigenvalue weighted by Crippen LogP contribution is -2.40. The summed E-state index contributed by atoms with van der Waals surface area (Å²) in [7, 11) is 0. The largest absolute Gasteiger partial charge is 0.329 e. The lowest BCUT2D eigenvalue weighted by atomic mass is 9.81. The third-order valence-electron chi connectivity index (χ3n) is 3.95. The first-order valence-corrected chi connectivity index (χ1v) is 7.21. The van der Waals surface area contributed by atoms with Crippen molar-refractivity contribution in [3.05, 3.63) is 23.8 Å². The SMILES string of the molecule is NCCNC(C1=CCCCC1)C1C=CCCC1. The van der Waals surface area contributed by atoms with E-state index in [-0.39, 0.29) is 0 Å². The van der Waals surface area contributed by atoms with Crippen LogP contribution in [0.25, 0.3) is 0 Å². The van der Waals surface area contributed by atoms with Gasteiger partial charge in [-0.05, 0) is 50.9 Å². The van der Waals surface area contributed by atoms with Crippen molar-refractivity contribution in [2.24, 2.45) is 11.7 Å². The normalized spacial score (nSPS) is 26.6. The van der Waals surface area contributed by atoms with Gasteiger partial charge < -0.3 is 11.1 Å². The molecule has 2 aliphatic rings. The van der Waals surface area contributed by atoms with Gasteiger partial charge in [0.1, 0.15) is 0 Å². The molecule has 2 rings (SSSR count). The van der Waals surface area contributed by atoms with E-state index in [1.54, 1.807) is 5.57 Å². The minimum absolute atomic E-state index is 0.551. The number of nitrogens with two attached hydrogens (primary N) is 1. The van der Waals surface area contributed by atoms with E-state index < -0.39 is 0 Å². The highest BCUT2D eigenvalue weighted by Gasteiger charge is 2.24. The van der Waals surface area contributed by atoms with Gasteiger partial charge in [-0.1, -0.05) is 23.8 Å². The maximum Gasteiger partial charge on any atom is 0.0343 e. The summed E-state index contributed by atoms with van der Waals surface area (Å²) in [5, 5.41) is 3.66. The van der Waals surface area contributed by atoms with Crippen LogP contribution in [0.1, 0.15) is 44.9 Å². The van der Waals surface area contributed by atoms with Crippen molar-refractivity contribution < 1.29 is 0 Å². The van der Waals surface area contributed by atoms with Crippen LogP contribution in [0.2, 0.25) is 0 Å². The predicted octanol–water partition coefficient (Wildman–Crippen LogP) is 2.76. The van der Waals surface area contributed by atoms with Crippen LogP contribution in [-0.2, 0) is 0 Å². The Morgan fingerprint density at radius 1 is 1.29 bits per heavy atom. The zero-order chi connectivity index (χ0) is 11.9. The summed E-state index contributed by atoms with van der Waals surface area (Å²) >= 11 is 0. The minimum Gasteiger partial charge on any atom is -0.329 e. The first-order valence-electron chi connectivity index (χ1n) is 7.21. The fourth-order valence-electron chi connectivity index (χ4n) is 3.06. The Labute approximate surface area is 105 Å². The smallest absolute Gasteiger partial charge is 0.0343 e. The molecule has 0 amide bonds. The van der Waals surface area contributed by atoms with Crippen molar-refractivity contribution >= 4 is 0 Å². The molecule has 0 bridgehead atoms. The Morgan fingerprint density at radius 2 is 2.24 bits per heavy atom. The summed E-state index contributed by atoms with van der Waals surface area (Å²) in [4.78, 5) is 0. The standard InChI is InChI=1S/C15H26N2/c16-11-12-17-15(13-7-3-1-4-8-13)14-9-5-2-6-10-14/h3,7,9,13,15,17H,1-2,4-6,8,10-12,16H2. The van der Waals surface area contributed by atoms with Crippen LogP contribution in [0.5, 0.6) is 0 Å². The van der Waals surface area contributed by atoms with Crippen molar-refractivity contribution in [1.29, 1.82) is 0 Å². The molecule has 0 spiro atoms. The molecule has 0 aromatic carbocycles. The van der Waals surface area contributed by atoms with Crippen molar-refractivity contribution in [2.45, 2.75) is 51.0 Å². The monoisotopic (exact) mass is 234 g/mol. The van der Waals surface area contributed by atoms with Crippen molar-refractivity contribution in [2.75, 3.05) is 13.1 Å². The summed E-state index contributed by atoms with van der Waals surface area (Å²) in [5.74, 6) is 0.694. The van der Waals surface area contributed by atoms with Crippen LogP contribution in [0.4, 0.5) is 0 Å². The van der Waals surface area contributed by atoms with Crippen LogP contribution < -0.4 is 11.1 Å². The zero-order valence-electron chi connectivity index (χ0n) is 10.8. The van der Waals surface area contributed by atoms with E-state index >= 15 is 0 Å². The molecular weight excluding hydrogens is 208 g/mol. The molecule has 17 heavy (non-hydrogen) atoms. The Kier molecular flexibility index (Phi) is 5.27. The molecular formula is C15H26N2. The van der Waals surface area contributed by atoms with Gasteiger partial charge in [0.2, 0.25) is 0 Å². The fraction of sp³-hybridized carbons (Fsp3) is 0.733. The quantitative estimate of drug-likeness (QED) is 0.718. The molecule has 3 N–H and O–H groups in total. The zero-order valence-corrected chi connectivity index (χ0v) is 10.8.